The number of carbonyl (C=O) groups is 2. The fraction of sp³-hybridized carbons (Fsp3) is 0.250. The maximum absolute atomic E-state index is 13.9. The van der Waals surface area contributed by atoms with Gasteiger partial charge in [-0.1, -0.05) is 29.8 Å². The van der Waals surface area contributed by atoms with Gasteiger partial charge in [0.25, 0.3) is 5.91 Å². The Balaban J connectivity index is 1.52. The van der Waals surface area contributed by atoms with E-state index in [-0.39, 0.29) is 18.4 Å². The number of nitrogens with zero attached hydrogens (tertiary/aromatic N) is 3. The van der Waals surface area contributed by atoms with Crippen LogP contribution in [0, 0.1) is 13.8 Å². The second-order valence-corrected chi connectivity index (χ2v) is 9.28. The van der Waals surface area contributed by atoms with Gasteiger partial charge in [-0.3, -0.25) is 19.2 Å². The number of ether oxygens (including phenoxy) is 1. The molecule has 1 atom stereocenters. The number of amides is 2. The van der Waals surface area contributed by atoms with E-state index < -0.39 is 5.54 Å². The van der Waals surface area contributed by atoms with Gasteiger partial charge >= 0.3 is 0 Å². The van der Waals surface area contributed by atoms with Gasteiger partial charge in [-0.25, -0.2) is 0 Å². The highest BCUT2D eigenvalue weighted by Gasteiger charge is 2.49. The summed E-state index contributed by atoms with van der Waals surface area (Å²) >= 11 is 0. The predicted molar refractivity (Wildman–Crippen MR) is 136 cm³/mol. The van der Waals surface area contributed by atoms with Gasteiger partial charge < -0.3 is 14.5 Å². The summed E-state index contributed by atoms with van der Waals surface area (Å²) in [5.41, 5.74) is 3.35. The van der Waals surface area contributed by atoms with Crippen LogP contribution in [0.15, 0.2) is 71.3 Å². The molecule has 3 heterocycles. The van der Waals surface area contributed by atoms with Gasteiger partial charge in [0.1, 0.15) is 22.7 Å². The summed E-state index contributed by atoms with van der Waals surface area (Å²) in [6.07, 6.45) is 1.56. The Morgan fingerprint density at radius 1 is 1.14 bits per heavy atom. The number of benzene rings is 2. The molecule has 1 aliphatic rings. The van der Waals surface area contributed by atoms with E-state index in [0.717, 1.165) is 22.4 Å². The molecular weight excluding hydrogens is 456 g/mol. The number of hydrogen-bond donors (Lipinski definition) is 1. The smallest absolute Gasteiger partial charge is 0.277 e. The Hall–Kier alpha value is -4.33. The molecule has 36 heavy (non-hydrogen) atoms. The topological polar surface area (TPSA) is 89.6 Å². The lowest BCUT2D eigenvalue weighted by Gasteiger charge is -2.43. The maximum Gasteiger partial charge on any atom is 0.277 e. The largest absolute Gasteiger partial charge is 0.497 e. The van der Waals surface area contributed by atoms with E-state index in [4.69, 9.17) is 9.15 Å². The first-order valence-corrected chi connectivity index (χ1v) is 11.7. The third-order valence-electron chi connectivity index (χ3n) is 6.62. The van der Waals surface area contributed by atoms with Crippen LogP contribution in [-0.2, 0) is 17.9 Å². The monoisotopic (exact) mass is 484 g/mol. The molecule has 2 aromatic heterocycles. The highest BCUT2D eigenvalue weighted by Crippen LogP contribution is 2.36. The van der Waals surface area contributed by atoms with Crippen molar-refractivity contribution in [1.82, 2.24) is 15.1 Å². The molecule has 184 valence electrons. The molecule has 2 amide bonds. The Morgan fingerprint density at radius 2 is 1.92 bits per heavy atom. The van der Waals surface area contributed by atoms with E-state index in [1.54, 1.807) is 48.1 Å². The molecule has 0 fully saturated rings. The van der Waals surface area contributed by atoms with Crippen LogP contribution < -0.4 is 15.0 Å². The summed E-state index contributed by atoms with van der Waals surface area (Å²) in [6, 6.07) is 18.6. The number of hydrogen-bond acceptors (Lipinski definition) is 5. The van der Waals surface area contributed by atoms with E-state index >= 15 is 0 Å². The summed E-state index contributed by atoms with van der Waals surface area (Å²) in [5.74, 6) is 0.746. The van der Waals surface area contributed by atoms with E-state index in [1.807, 2.05) is 56.3 Å². The second-order valence-electron chi connectivity index (χ2n) is 9.28. The lowest BCUT2D eigenvalue weighted by Crippen LogP contribution is -2.64. The fourth-order valence-corrected chi connectivity index (χ4v) is 4.68. The summed E-state index contributed by atoms with van der Waals surface area (Å²) in [5, 5.41) is 7.63. The first-order valence-electron chi connectivity index (χ1n) is 11.7. The van der Waals surface area contributed by atoms with Gasteiger partial charge in [-0.2, -0.15) is 5.10 Å². The maximum atomic E-state index is 13.9. The zero-order valence-corrected chi connectivity index (χ0v) is 20.7. The fourth-order valence-electron chi connectivity index (χ4n) is 4.68. The first-order chi connectivity index (χ1) is 17.3. The van der Waals surface area contributed by atoms with Crippen molar-refractivity contribution in [1.29, 1.82) is 0 Å². The normalized spacial score (nSPS) is 17.1. The minimum atomic E-state index is -1.22. The molecule has 0 bridgehead atoms. The van der Waals surface area contributed by atoms with Crippen LogP contribution >= 0.6 is 0 Å². The first kappa shape index (κ1) is 23.4. The zero-order valence-electron chi connectivity index (χ0n) is 20.7. The molecule has 4 aromatic rings. The Labute approximate surface area is 209 Å². The second kappa shape index (κ2) is 9.03. The molecule has 0 radical (unpaired) electrons. The van der Waals surface area contributed by atoms with Gasteiger partial charge in [0, 0.05) is 18.3 Å². The van der Waals surface area contributed by atoms with Gasteiger partial charge in [-0.15, -0.1) is 0 Å². The number of aromatic nitrogens is 2. The summed E-state index contributed by atoms with van der Waals surface area (Å²) < 4.78 is 12.3. The van der Waals surface area contributed by atoms with Crippen LogP contribution in [0.25, 0.3) is 11.5 Å². The Morgan fingerprint density at radius 3 is 2.58 bits per heavy atom. The van der Waals surface area contributed by atoms with Gasteiger partial charge in [0.15, 0.2) is 5.76 Å². The number of fused-ring (bicyclic) bond motifs is 1. The van der Waals surface area contributed by atoms with E-state index in [9.17, 15) is 9.59 Å². The zero-order chi connectivity index (χ0) is 25.4. The molecule has 1 aliphatic heterocycles. The van der Waals surface area contributed by atoms with Crippen LogP contribution in [0.4, 0.5) is 5.69 Å². The molecule has 2 aromatic carbocycles. The number of anilines is 1. The van der Waals surface area contributed by atoms with Crippen molar-refractivity contribution in [3.63, 3.8) is 0 Å². The number of methoxy groups -OCH3 is 1. The Kier molecular flexibility index (Phi) is 5.88. The van der Waals surface area contributed by atoms with Crippen LogP contribution in [0.3, 0.4) is 0 Å². The highest BCUT2D eigenvalue weighted by molar-refractivity contribution is 6.12. The lowest BCUT2D eigenvalue weighted by atomic mass is 9.92. The van der Waals surface area contributed by atoms with Gasteiger partial charge in [0.2, 0.25) is 5.91 Å². The third-order valence-corrected chi connectivity index (χ3v) is 6.62. The van der Waals surface area contributed by atoms with E-state index in [0.29, 0.717) is 29.4 Å². The summed E-state index contributed by atoms with van der Waals surface area (Å²) in [6.45, 7) is 6.24. The number of nitrogens with one attached hydrogen (secondary N) is 1. The van der Waals surface area contributed by atoms with Crippen molar-refractivity contribution < 1.29 is 18.7 Å². The van der Waals surface area contributed by atoms with Crippen LogP contribution in [0.2, 0.25) is 0 Å². The number of aryl methyl sites for hydroxylation is 2. The number of carbonyl (C=O) groups excluding carboxylic acids is 2. The van der Waals surface area contributed by atoms with Gasteiger partial charge in [0.05, 0.1) is 19.9 Å². The molecular formula is C28H28N4O4. The van der Waals surface area contributed by atoms with Crippen molar-refractivity contribution in [2.75, 3.05) is 12.0 Å². The van der Waals surface area contributed by atoms with Crippen molar-refractivity contribution in [2.24, 2.45) is 0 Å². The SMILES string of the molecule is COc1ccc(CNC(=O)[C@]2(C)Cn3nc(-c4ccco4)cc3C(=O)N2c2ccc(C)cc2C)cc1. The van der Waals surface area contributed by atoms with Crippen LogP contribution in [-0.4, -0.2) is 34.2 Å². The quantitative estimate of drug-likeness (QED) is 0.435. The molecule has 0 spiro atoms. The molecule has 0 saturated heterocycles. The van der Waals surface area contributed by atoms with Crippen molar-refractivity contribution in [2.45, 2.75) is 39.4 Å². The van der Waals surface area contributed by atoms with Crippen molar-refractivity contribution in [3.05, 3.63) is 89.3 Å². The molecule has 5 rings (SSSR count). The minimum absolute atomic E-state index is 0.191. The molecule has 8 heteroatoms. The van der Waals surface area contributed by atoms with Crippen LogP contribution in [0.5, 0.6) is 5.75 Å². The van der Waals surface area contributed by atoms with Crippen molar-refractivity contribution >= 4 is 17.5 Å². The lowest BCUT2D eigenvalue weighted by molar-refractivity contribution is -0.126. The molecule has 0 unspecified atom stereocenters. The van der Waals surface area contributed by atoms with Crippen molar-refractivity contribution in [3.8, 4) is 17.2 Å². The number of furan rings is 1. The molecule has 0 saturated carbocycles. The average Bonchev–Trinajstić information content (AvgIpc) is 3.54. The minimum Gasteiger partial charge on any atom is -0.497 e. The summed E-state index contributed by atoms with van der Waals surface area (Å²) in [4.78, 5) is 29.3. The third kappa shape index (κ3) is 4.04. The average molecular weight is 485 g/mol. The van der Waals surface area contributed by atoms with E-state index in [2.05, 4.69) is 10.4 Å². The molecule has 0 aliphatic carbocycles. The number of rotatable bonds is 6. The molecule has 8 nitrogen and oxygen atoms in total. The highest BCUT2D eigenvalue weighted by atomic mass is 16.5. The standard InChI is InChI=1S/C28H28N4O4/c1-18-7-12-23(19(2)14-18)32-26(33)24-15-22(25-6-5-13-36-25)30-31(24)17-28(32,3)27(34)29-16-20-8-10-21(35-4)11-9-20/h5-15H,16-17H2,1-4H3,(H,29,34)/t28-/m0/s1. The Bertz CT molecular complexity index is 1420. The molecule has 1 N–H and O–H groups in total. The summed E-state index contributed by atoms with van der Waals surface area (Å²) in [7, 11) is 1.61. The van der Waals surface area contributed by atoms with Crippen LogP contribution in [0.1, 0.15) is 34.1 Å². The van der Waals surface area contributed by atoms with Gasteiger partial charge in [-0.05, 0) is 62.2 Å². The van der Waals surface area contributed by atoms with E-state index in [1.165, 1.54) is 0 Å². The predicted octanol–water partition coefficient (Wildman–Crippen LogP) is 4.50.